The molecule has 1 aliphatic heterocycles. The van der Waals surface area contributed by atoms with Crippen LogP contribution in [0.1, 0.15) is 6.42 Å². The van der Waals surface area contributed by atoms with Crippen molar-refractivity contribution in [2.24, 2.45) is 5.92 Å². The van der Waals surface area contributed by atoms with E-state index in [1.807, 2.05) is 0 Å². The highest BCUT2D eigenvalue weighted by Crippen LogP contribution is 2.27. The molecule has 2 aromatic heterocycles. The van der Waals surface area contributed by atoms with Crippen LogP contribution in [0.5, 0.6) is 5.75 Å². The van der Waals surface area contributed by atoms with E-state index in [4.69, 9.17) is 4.74 Å². The van der Waals surface area contributed by atoms with Crippen molar-refractivity contribution in [3.8, 4) is 11.6 Å². The Morgan fingerprint density at radius 3 is 2.79 bits per heavy atom. The summed E-state index contributed by atoms with van der Waals surface area (Å²) in [6.45, 7) is 0.316. The second kappa shape index (κ2) is 7.47. The zero-order chi connectivity index (χ0) is 19.5. The maximum Gasteiger partial charge on any atom is 0.230 e. The molecule has 3 aromatic rings. The summed E-state index contributed by atoms with van der Waals surface area (Å²) >= 11 is 0. The van der Waals surface area contributed by atoms with Crippen LogP contribution in [0.2, 0.25) is 0 Å². The number of rotatable bonds is 5. The number of hydrogen-bond acceptors (Lipinski definition) is 6. The number of nitrogens with one attached hydrogen (secondary N) is 1. The van der Waals surface area contributed by atoms with Crippen molar-refractivity contribution in [1.29, 1.82) is 0 Å². The zero-order valence-corrected chi connectivity index (χ0v) is 15.1. The first kappa shape index (κ1) is 17.7. The highest BCUT2D eigenvalue weighted by atomic mass is 16.5. The van der Waals surface area contributed by atoms with E-state index < -0.39 is 5.92 Å². The summed E-state index contributed by atoms with van der Waals surface area (Å²) in [6.07, 6.45) is 6.51. The van der Waals surface area contributed by atoms with E-state index in [-0.39, 0.29) is 18.2 Å². The zero-order valence-electron chi connectivity index (χ0n) is 15.1. The van der Waals surface area contributed by atoms with Crippen LogP contribution in [-0.2, 0) is 9.59 Å². The molecule has 1 atom stereocenters. The molecule has 0 saturated carbocycles. The first-order chi connectivity index (χ1) is 13.6. The predicted molar refractivity (Wildman–Crippen MR) is 101 cm³/mol. The quantitative estimate of drug-likeness (QED) is 0.724. The summed E-state index contributed by atoms with van der Waals surface area (Å²) in [6, 6.07) is 8.83. The van der Waals surface area contributed by atoms with Crippen LogP contribution in [0.3, 0.4) is 0 Å². The van der Waals surface area contributed by atoms with Crippen molar-refractivity contribution in [3.05, 3.63) is 55.4 Å². The van der Waals surface area contributed by atoms with E-state index in [2.05, 4.69) is 20.3 Å². The number of amides is 2. The molecule has 1 unspecified atom stereocenters. The number of carbonyl (C=O) groups is 2. The Morgan fingerprint density at radius 1 is 1.25 bits per heavy atom. The SMILES string of the molecule is COc1ccc(N2CC(C(=O)Nc3cc(-n4ccnc4)ncn3)CC2=O)cc1. The van der Waals surface area contributed by atoms with Crippen LogP contribution in [0.15, 0.2) is 55.4 Å². The molecule has 1 saturated heterocycles. The normalized spacial score (nSPS) is 16.2. The predicted octanol–water partition coefficient (Wildman–Crippen LogP) is 1.66. The van der Waals surface area contributed by atoms with Gasteiger partial charge in [-0.15, -0.1) is 0 Å². The standard InChI is InChI=1S/C19H18N6O3/c1-28-15-4-2-14(3-5-15)25-10-13(8-18(25)26)19(27)23-16-9-17(22-11-21-16)24-7-6-20-12-24/h2-7,9,11-13H,8,10H2,1H3,(H,21,22,23,27). The van der Waals surface area contributed by atoms with Crippen LogP contribution in [0.4, 0.5) is 11.5 Å². The molecule has 0 radical (unpaired) electrons. The lowest BCUT2D eigenvalue weighted by molar-refractivity contribution is -0.122. The lowest BCUT2D eigenvalue weighted by atomic mass is 10.1. The number of imidazole rings is 1. The summed E-state index contributed by atoms with van der Waals surface area (Å²) in [7, 11) is 1.59. The molecule has 1 N–H and O–H groups in total. The van der Waals surface area contributed by atoms with E-state index in [1.165, 1.54) is 6.33 Å². The van der Waals surface area contributed by atoms with Crippen molar-refractivity contribution >= 4 is 23.3 Å². The van der Waals surface area contributed by atoms with Crippen LogP contribution >= 0.6 is 0 Å². The molecule has 9 nitrogen and oxygen atoms in total. The Bertz CT molecular complexity index is 987. The summed E-state index contributed by atoms with van der Waals surface area (Å²) in [4.78, 5) is 38.9. The third-order valence-corrected chi connectivity index (χ3v) is 4.55. The third-order valence-electron chi connectivity index (χ3n) is 4.55. The molecular weight excluding hydrogens is 360 g/mol. The minimum Gasteiger partial charge on any atom is -0.497 e. The molecular formula is C19H18N6O3. The molecule has 4 rings (SSSR count). The Morgan fingerprint density at radius 2 is 2.07 bits per heavy atom. The highest BCUT2D eigenvalue weighted by Gasteiger charge is 2.35. The average Bonchev–Trinajstić information content (AvgIpc) is 3.38. The van der Waals surface area contributed by atoms with Gasteiger partial charge in [-0.3, -0.25) is 14.2 Å². The number of benzene rings is 1. The van der Waals surface area contributed by atoms with Crippen molar-refractivity contribution in [2.45, 2.75) is 6.42 Å². The van der Waals surface area contributed by atoms with Crippen LogP contribution < -0.4 is 15.0 Å². The van der Waals surface area contributed by atoms with Crippen molar-refractivity contribution in [3.63, 3.8) is 0 Å². The Labute approximate surface area is 161 Å². The summed E-state index contributed by atoms with van der Waals surface area (Å²) in [5.41, 5.74) is 0.741. The summed E-state index contributed by atoms with van der Waals surface area (Å²) in [5, 5.41) is 2.77. The largest absolute Gasteiger partial charge is 0.497 e. The van der Waals surface area contributed by atoms with Gasteiger partial charge in [-0.2, -0.15) is 0 Å². The van der Waals surface area contributed by atoms with Gasteiger partial charge in [0, 0.05) is 37.1 Å². The molecule has 1 aromatic carbocycles. The average molecular weight is 378 g/mol. The molecule has 2 amide bonds. The van der Waals surface area contributed by atoms with Crippen molar-refractivity contribution in [1.82, 2.24) is 19.5 Å². The van der Waals surface area contributed by atoms with Crippen molar-refractivity contribution in [2.75, 3.05) is 23.9 Å². The molecule has 142 valence electrons. The minimum absolute atomic E-state index is 0.0906. The monoisotopic (exact) mass is 378 g/mol. The smallest absolute Gasteiger partial charge is 0.230 e. The molecule has 0 aliphatic carbocycles. The second-order valence-corrected chi connectivity index (χ2v) is 6.32. The fourth-order valence-electron chi connectivity index (χ4n) is 3.07. The van der Waals surface area contributed by atoms with E-state index in [1.54, 1.807) is 65.6 Å². The van der Waals surface area contributed by atoms with Gasteiger partial charge in [0.05, 0.1) is 13.0 Å². The minimum atomic E-state index is -0.457. The second-order valence-electron chi connectivity index (χ2n) is 6.32. The fraction of sp³-hybridized carbons (Fsp3) is 0.211. The van der Waals surface area contributed by atoms with Crippen LogP contribution in [-0.4, -0.2) is 45.0 Å². The van der Waals surface area contributed by atoms with Gasteiger partial charge >= 0.3 is 0 Å². The number of methoxy groups -OCH3 is 1. The van der Waals surface area contributed by atoms with Crippen LogP contribution in [0, 0.1) is 5.92 Å². The van der Waals surface area contributed by atoms with Crippen LogP contribution in [0.25, 0.3) is 5.82 Å². The highest BCUT2D eigenvalue weighted by molar-refractivity contribution is 6.03. The lowest BCUT2D eigenvalue weighted by Crippen LogP contribution is -2.28. The summed E-state index contributed by atoms with van der Waals surface area (Å²) in [5.74, 6) is 0.874. The number of anilines is 2. The van der Waals surface area contributed by atoms with Gasteiger partial charge in [0.15, 0.2) is 0 Å². The van der Waals surface area contributed by atoms with Gasteiger partial charge < -0.3 is 15.0 Å². The fourth-order valence-corrected chi connectivity index (χ4v) is 3.07. The van der Waals surface area contributed by atoms with Crippen molar-refractivity contribution < 1.29 is 14.3 Å². The molecule has 1 aliphatic rings. The van der Waals surface area contributed by atoms with Gasteiger partial charge in [0.25, 0.3) is 0 Å². The molecule has 3 heterocycles. The maximum atomic E-state index is 12.6. The van der Waals surface area contributed by atoms with Gasteiger partial charge in [0.1, 0.15) is 30.0 Å². The number of nitrogens with zero attached hydrogens (tertiary/aromatic N) is 5. The molecule has 9 heteroatoms. The van der Waals surface area contributed by atoms with Gasteiger partial charge in [0.2, 0.25) is 11.8 Å². The Kier molecular flexibility index (Phi) is 4.71. The number of aromatic nitrogens is 4. The molecule has 0 bridgehead atoms. The Balaban J connectivity index is 1.44. The number of ether oxygens (including phenoxy) is 1. The number of hydrogen-bond donors (Lipinski definition) is 1. The molecule has 0 spiro atoms. The van der Waals surface area contributed by atoms with E-state index in [0.717, 1.165) is 5.69 Å². The van der Waals surface area contributed by atoms with E-state index >= 15 is 0 Å². The summed E-state index contributed by atoms with van der Waals surface area (Å²) < 4.78 is 6.85. The first-order valence-electron chi connectivity index (χ1n) is 8.69. The first-order valence-corrected chi connectivity index (χ1v) is 8.69. The van der Waals surface area contributed by atoms with E-state index in [9.17, 15) is 9.59 Å². The topological polar surface area (TPSA) is 102 Å². The maximum absolute atomic E-state index is 12.6. The Hall–Kier alpha value is -3.75. The lowest BCUT2D eigenvalue weighted by Gasteiger charge is -2.17. The van der Waals surface area contributed by atoms with Gasteiger partial charge in [-0.1, -0.05) is 0 Å². The molecule has 28 heavy (non-hydrogen) atoms. The van der Waals surface area contributed by atoms with Gasteiger partial charge in [-0.25, -0.2) is 15.0 Å². The van der Waals surface area contributed by atoms with Gasteiger partial charge in [-0.05, 0) is 24.3 Å². The van der Waals surface area contributed by atoms with E-state index in [0.29, 0.717) is 23.9 Å². The third kappa shape index (κ3) is 3.54. The number of carbonyl (C=O) groups excluding carboxylic acids is 2. The molecule has 1 fully saturated rings.